The van der Waals surface area contributed by atoms with E-state index in [9.17, 15) is 9.59 Å². The molecule has 5 heteroatoms. The van der Waals surface area contributed by atoms with E-state index in [2.05, 4.69) is 0 Å². The van der Waals surface area contributed by atoms with Gasteiger partial charge in [-0.2, -0.15) is 0 Å². The van der Waals surface area contributed by atoms with E-state index in [-0.39, 0.29) is 18.0 Å². The molecule has 0 aromatic heterocycles. The lowest BCUT2D eigenvalue weighted by Gasteiger charge is -2.25. The summed E-state index contributed by atoms with van der Waals surface area (Å²) in [4.78, 5) is 27.3. The van der Waals surface area contributed by atoms with Crippen molar-refractivity contribution in [2.75, 3.05) is 19.8 Å². The number of likely N-dealkylation sites (N-methyl/N-ethyl adjacent to an activating group) is 1. The van der Waals surface area contributed by atoms with Crippen molar-refractivity contribution in [3.8, 4) is 0 Å². The SMILES string of the molecule is CCN1C(=O)N(C2CCOC2)C(=O)C1(C)C. The summed E-state index contributed by atoms with van der Waals surface area (Å²) in [7, 11) is 0. The highest BCUT2D eigenvalue weighted by Crippen LogP contribution is 2.30. The van der Waals surface area contributed by atoms with Crippen molar-refractivity contribution in [1.82, 2.24) is 9.80 Å². The van der Waals surface area contributed by atoms with E-state index in [1.807, 2.05) is 6.92 Å². The normalized spacial score (nSPS) is 29.3. The average Bonchev–Trinajstić information content (AvgIpc) is 2.76. The van der Waals surface area contributed by atoms with Crippen LogP contribution in [0.3, 0.4) is 0 Å². The van der Waals surface area contributed by atoms with Crippen LogP contribution in [0.25, 0.3) is 0 Å². The molecule has 0 aromatic carbocycles. The summed E-state index contributed by atoms with van der Waals surface area (Å²) < 4.78 is 5.24. The Kier molecular flexibility index (Phi) is 2.66. The third kappa shape index (κ3) is 1.42. The fourth-order valence-corrected chi connectivity index (χ4v) is 2.44. The van der Waals surface area contributed by atoms with Gasteiger partial charge in [0, 0.05) is 13.2 Å². The number of carbonyl (C=O) groups is 2. The van der Waals surface area contributed by atoms with Gasteiger partial charge in [-0.25, -0.2) is 4.79 Å². The van der Waals surface area contributed by atoms with E-state index in [4.69, 9.17) is 4.74 Å². The Morgan fingerprint density at radius 1 is 1.44 bits per heavy atom. The minimum atomic E-state index is -0.714. The number of amides is 3. The minimum Gasteiger partial charge on any atom is -0.379 e. The van der Waals surface area contributed by atoms with Crippen LogP contribution in [0, 0.1) is 0 Å². The van der Waals surface area contributed by atoms with Crippen LogP contribution in [-0.4, -0.2) is 53.1 Å². The summed E-state index contributed by atoms with van der Waals surface area (Å²) in [6, 6.07) is -0.246. The molecule has 0 saturated carbocycles. The highest BCUT2D eigenvalue weighted by molar-refractivity contribution is 6.06. The highest BCUT2D eigenvalue weighted by atomic mass is 16.5. The Morgan fingerprint density at radius 2 is 2.12 bits per heavy atom. The molecule has 3 amide bonds. The molecule has 2 aliphatic heterocycles. The molecule has 0 bridgehead atoms. The Hall–Kier alpha value is -1.10. The van der Waals surface area contributed by atoms with Crippen LogP contribution in [0.5, 0.6) is 0 Å². The van der Waals surface area contributed by atoms with E-state index in [1.165, 1.54) is 4.90 Å². The molecule has 0 radical (unpaired) electrons. The molecule has 0 spiro atoms. The van der Waals surface area contributed by atoms with Gasteiger partial charge in [-0.3, -0.25) is 9.69 Å². The summed E-state index contributed by atoms with van der Waals surface area (Å²) >= 11 is 0. The molecule has 2 heterocycles. The van der Waals surface area contributed by atoms with Gasteiger partial charge in [0.2, 0.25) is 0 Å². The van der Waals surface area contributed by atoms with Crippen molar-refractivity contribution < 1.29 is 14.3 Å². The lowest BCUT2D eigenvalue weighted by atomic mass is 10.0. The molecule has 2 saturated heterocycles. The summed E-state index contributed by atoms with van der Waals surface area (Å²) in [5.74, 6) is -0.102. The summed E-state index contributed by atoms with van der Waals surface area (Å²) in [5.41, 5.74) is -0.714. The zero-order valence-corrected chi connectivity index (χ0v) is 10.0. The molecule has 0 aliphatic carbocycles. The van der Waals surface area contributed by atoms with Gasteiger partial charge in [0.25, 0.3) is 5.91 Å². The van der Waals surface area contributed by atoms with E-state index in [0.717, 1.165) is 6.42 Å². The Labute approximate surface area is 95.3 Å². The third-order valence-electron chi connectivity index (χ3n) is 3.44. The third-order valence-corrected chi connectivity index (χ3v) is 3.44. The number of rotatable bonds is 2. The lowest BCUT2D eigenvalue weighted by molar-refractivity contribution is -0.133. The Balaban J connectivity index is 2.27. The number of nitrogens with zero attached hydrogens (tertiary/aromatic N) is 2. The molecule has 2 rings (SSSR count). The number of imide groups is 1. The second kappa shape index (κ2) is 3.73. The molecule has 16 heavy (non-hydrogen) atoms. The lowest BCUT2D eigenvalue weighted by Crippen LogP contribution is -2.44. The predicted molar refractivity (Wildman–Crippen MR) is 57.9 cm³/mol. The van der Waals surface area contributed by atoms with Crippen LogP contribution in [0.4, 0.5) is 4.79 Å². The van der Waals surface area contributed by atoms with Crippen LogP contribution >= 0.6 is 0 Å². The first-order chi connectivity index (χ1) is 7.50. The van der Waals surface area contributed by atoms with E-state index in [1.54, 1.807) is 18.7 Å². The van der Waals surface area contributed by atoms with Crippen molar-refractivity contribution in [1.29, 1.82) is 0 Å². The van der Waals surface area contributed by atoms with Crippen molar-refractivity contribution >= 4 is 11.9 Å². The fourth-order valence-electron chi connectivity index (χ4n) is 2.44. The van der Waals surface area contributed by atoms with Crippen molar-refractivity contribution in [2.24, 2.45) is 0 Å². The maximum atomic E-state index is 12.2. The van der Waals surface area contributed by atoms with Crippen molar-refractivity contribution in [2.45, 2.75) is 38.8 Å². The molecule has 0 N–H and O–H groups in total. The number of carbonyl (C=O) groups excluding carboxylic acids is 2. The molecular formula is C11H18N2O3. The second-order valence-corrected chi connectivity index (χ2v) is 4.78. The highest BCUT2D eigenvalue weighted by Gasteiger charge is 2.53. The molecule has 1 unspecified atom stereocenters. The molecule has 0 aromatic rings. The molecule has 1 atom stereocenters. The van der Waals surface area contributed by atoms with Gasteiger partial charge in [0.05, 0.1) is 12.6 Å². The first-order valence-corrected chi connectivity index (χ1v) is 5.73. The van der Waals surface area contributed by atoms with Gasteiger partial charge in [-0.05, 0) is 27.2 Å². The molecule has 2 fully saturated rings. The van der Waals surface area contributed by atoms with Gasteiger partial charge in [-0.1, -0.05) is 0 Å². The van der Waals surface area contributed by atoms with Crippen LogP contribution < -0.4 is 0 Å². The molecule has 90 valence electrons. The van der Waals surface area contributed by atoms with Gasteiger partial charge < -0.3 is 9.64 Å². The quantitative estimate of drug-likeness (QED) is 0.655. The first kappa shape index (κ1) is 11.4. The van der Waals surface area contributed by atoms with E-state index >= 15 is 0 Å². The first-order valence-electron chi connectivity index (χ1n) is 5.73. The number of ether oxygens (including phenoxy) is 1. The second-order valence-electron chi connectivity index (χ2n) is 4.78. The maximum absolute atomic E-state index is 12.2. The summed E-state index contributed by atoms with van der Waals surface area (Å²) in [5, 5.41) is 0. The standard InChI is InChI=1S/C11H18N2O3/c1-4-12-10(15)13(8-5-6-16-7-8)9(14)11(12,2)3/h8H,4-7H2,1-3H3. The maximum Gasteiger partial charge on any atom is 0.327 e. The van der Waals surface area contributed by atoms with Gasteiger partial charge in [-0.15, -0.1) is 0 Å². The van der Waals surface area contributed by atoms with Gasteiger partial charge >= 0.3 is 6.03 Å². The van der Waals surface area contributed by atoms with E-state index in [0.29, 0.717) is 19.8 Å². The van der Waals surface area contributed by atoms with Crippen LogP contribution in [0.15, 0.2) is 0 Å². The average molecular weight is 226 g/mol. The van der Waals surface area contributed by atoms with Crippen LogP contribution in [-0.2, 0) is 9.53 Å². The Morgan fingerprint density at radius 3 is 2.56 bits per heavy atom. The van der Waals surface area contributed by atoms with Crippen LogP contribution in [0.2, 0.25) is 0 Å². The topological polar surface area (TPSA) is 49.9 Å². The number of hydrogen-bond acceptors (Lipinski definition) is 3. The summed E-state index contributed by atoms with van der Waals surface area (Å²) in [6.45, 7) is 7.15. The van der Waals surface area contributed by atoms with Crippen LogP contribution in [0.1, 0.15) is 27.2 Å². The molecule has 2 aliphatic rings. The number of hydrogen-bond donors (Lipinski definition) is 0. The Bertz CT molecular complexity index is 321. The van der Waals surface area contributed by atoms with Gasteiger partial charge in [0.15, 0.2) is 0 Å². The zero-order chi connectivity index (χ0) is 11.9. The zero-order valence-electron chi connectivity index (χ0n) is 10.0. The van der Waals surface area contributed by atoms with Crippen molar-refractivity contribution in [3.63, 3.8) is 0 Å². The van der Waals surface area contributed by atoms with Gasteiger partial charge in [0.1, 0.15) is 5.54 Å². The molecule has 5 nitrogen and oxygen atoms in total. The fraction of sp³-hybridized carbons (Fsp3) is 0.818. The van der Waals surface area contributed by atoms with Crippen molar-refractivity contribution in [3.05, 3.63) is 0 Å². The smallest absolute Gasteiger partial charge is 0.327 e. The largest absolute Gasteiger partial charge is 0.379 e. The number of urea groups is 1. The minimum absolute atomic E-state index is 0.0733. The van der Waals surface area contributed by atoms with E-state index < -0.39 is 5.54 Å². The summed E-state index contributed by atoms with van der Waals surface area (Å²) in [6.07, 6.45) is 0.755. The monoisotopic (exact) mass is 226 g/mol. The predicted octanol–water partition coefficient (Wildman–Crippen LogP) is 0.838. The molecular weight excluding hydrogens is 208 g/mol.